The van der Waals surface area contributed by atoms with Crippen LogP contribution in [0.1, 0.15) is 52.0 Å². The Balaban J connectivity index is 1.56. The number of hydrogen-bond donors (Lipinski definition) is 3. The molecule has 7 nitrogen and oxygen atoms in total. The first kappa shape index (κ1) is 20.9. The minimum atomic E-state index is -0.139. The Kier molecular flexibility index (Phi) is 7.50. The van der Waals surface area contributed by atoms with Crippen LogP contribution in [-0.2, 0) is 11.3 Å². The van der Waals surface area contributed by atoms with Crippen molar-refractivity contribution < 1.29 is 9.84 Å². The summed E-state index contributed by atoms with van der Waals surface area (Å²) in [5, 5.41) is 16.5. The lowest BCUT2D eigenvalue weighted by Crippen LogP contribution is -2.45. The summed E-state index contributed by atoms with van der Waals surface area (Å²) in [6.07, 6.45) is 5.93. The lowest BCUT2D eigenvalue weighted by atomic mass is 9.93. The van der Waals surface area contributed by atoms with Gasteiger partial charge in [0.2, 0.25) is 0 Å². The van der Waals surface area contributed by atoms with Crippen LogP contribution in [0.15, 0.2) is 23.3 Å². The van der Waals surface area contributed by atoms with E-state index >= 15 is 0 Å². The second-order valence-corrected chi connectivity index (χ2v) is 8.03. The predicted molar refractivity (Wildman–Crippen MR) is 113 cm³/mol. The summed E-state index contributed by atoms with van der Waals surface area (Å²) < 4.78 is 5.80. The zero-order valence-corrected chi connectivity index (χ0v) is 17.4. The Bertz CT molecular complexity index is 618. The minimum Gasteiger partial charge on any atom is -0.393 e. The zero-order valence-electron chi connectivity index (χ0n) is 17.4. The van der Waals surface area contributed by atoms with Crippen molar-refractivity contribution in [2.45, 2.75) is 77.4 Å². The van der Waals surface area contributed by atoms with E-state index in [0.717, 1.165) is 62.7 Å². The van der Waals surface area contributed by atoms with E-state index in [4.69, 9.17) is 9.73 Å². The number of anilines is 1. The van der Waals surface area contributed by atoms with E-state index in [1.165, 1.54) is 0 Å². The van der Waals surface area contributed by atoms with E-state index in [0.29, 0.717) is 12.6 Å². The van der Waals surface area contributed by atoms with E-state index in [1.807, 2.05) is 6.20 Å². The molecular formula is C21H35N5O2. The first-order valence-corrected chi connectivity index (χ1v) is 10.6. The first-order valence-electron chi connectivity index (χ1n) is 10.6. The lowest BCUT2D eigenvalue weighted by molar-refractivity contribution is -0.00546. The second-order valence-electron chi connectivity index (χ2n) is 8.03. The highest BCUT2D eigenvalue weighted by Gasteiger charge is 2.23. The number of aliphatic hydroxyl groups is 1. The van der Waals surface area contributed by atoms with Gasteiger partial charge in [-0.3, -0.25) is 0 Å². The van der Waals surface area contributed by atoms with Gasteiger partial charge in [0.1, 0.15) is 5.82 Å². The van der Waals surface area contributed by atoms with E-state index < -0.39 is 0 Å². The number of aliphatic hydroxyl groups excluding tert-OH is 1. The number of aliphatic imine (C=N–C) groups is 1. The summed E-state index contributed by atoms with van der Waals surface area (Å²) in [5.41, 5.74) is 1.09. The largest absolute Gasteiger partial charge is 0.393 e. The molecule has 2 heterocycles. The lowest BCUT2D eigenvalue weighted by Gasteiger charge is -2.36. The normalized spacial score (nSPS) is 28.9. The molecule has 0 amide bonds. The van der Waals surface area contributed by atoms with Crippen LogP contribution in [0.3, 0.4) is 0 Å². The summed E-state index contributed by atoms with van der Waals surface area (Å²) in [7, 11) is 0. The SMILES string of the molecule is CCNC(=NCc1ccc(N2CC(C)OC(C)C2)nc1)NC1CCC(O)CC1. The van der Waals surface area contributed by atoms with E-state index in [9.17, 15) is 5.11 Å². The van der Waals surface area contributed by atoms with Crippen molar-refractivity contribution >= 4 is 11.8 Å². The van der Waals surface area contributed by atoms with Crippen molar-refractivity contribution in [2.24, 2.45) is 4.99 Å². The van der Waals surface area contributed by atoms with Gasteiger partial charge < -0.3 is 25.4 Å². The van der Waals surface area contributed by atoms with Gasteiger partial charge in [0.25, 0.3) is 0 Å². The Morgan fingerprint density at radius 3 is 2.54 bits per heavy atom. The Morgan fingerprint density at radius 1 is 1.21 bits per heavy atom. The maximum Gasteiger partial charge on any atom is 0.191 e. The molecule has 2 unspecified atom stereocenters. The van der Waals surface area contributed by atoms with Crippen molar-refractivity contribution in [1.29, 1.82) is 0 Å². The molecule has 3 rings (SSSR count). The molecule has 2 fully saturated rings. The van der Waals surface area contributed by atoms with Crippen molar-refractivity contribution in [2.75, 3.05) is 24.5 Å². The average molecular weight is 390 g/mol. The maximum absolute atomic E-state index is 9.67. The number of rotatable bonds is 5. The van der Waals surface area contributed by atoms with Gasteiger partial charge in [-0.25, -0.2) is 9.98 Å². The van der Waals surface area contributed by atoms with Gasteiger partial charge in [0.15, 0.2) is 5.96 Å². The number of nitrogens with one attached hydrogen (secondary N) is 2. The van der Waals surface area contributed by atoms with E-state index in [-0.39, 0.29) is 18.3 Å². The molecule has 1 aliphatic carbocycles. The molecule has 2 atom stereocenters. The van der Waals surface area contributed by atoms with Gasteiger partial charge >= 0.3 is 0 Å². The standard InChI is InChI=1S/C21H35N5O2/c1-4-22-21(25-18-6-8-19(27)9-7-18)24-12-17-5-10-20(23-11-17)26-13-15(2)28-16(3)14-26/h5,10-11,15-16,18-19,27H,4,6-9,12-14H2,1-3H3,(H2,22,24,25). The van der Waals surface area contributed by atoms with Crippen LogP contribution in [0.2, 0.25) is 0 Å². The first-order chi connectivity index (χ1) is 13.5. The molecule has 0 spiro atoms. The molecule has 3 N–H and O–H groups in total. The molecular weight excluding hydrogens is 354 g/mol. The Labute approximate surface area is 168 Å². The predicted octanol–water partition coefficient (Wildman–Crippen LogP) is 2.05. The monoisotopic (exact) mass is 389 g/mol. The topological polar surface area (TPSA) is 82.0 Å². The van der Waals surface area contributed by atoms with Crippen LogP contribution in [0.5, 0.6) is 0 Å². The quantitative estimate of drug-likeness (QED) is 0.528. The molecule has 0 aromatic carbocycles. The molecule has 0 radical (unpaired) electrons. The Hall–Kier alpha value is -1.86. The van der Waals surface area contributed by atoms with Crippen LogP contribution < -0.4 is 15.5 Å². The minimum absolute atomic E-state index is 0.139. The fourth-order valence-corrected chi connectivity index (χ4v) is 3.97. The van der Waals surface area contributed by atoms with Crippen molar-refractivity contribution in [3.8, 4) is 0 Å². The average Bonchev–Trinajstić information content (AvgIpc) is 2.68. The third-order valence-electron chi connectivity index (χ3n) is 5.35. The number of aromatic nitrogens is 1. The van der Waals surface area contributed by atoms with Crippen LogP contribution >= 0.6 is 0 Å². The molecule has 1 saturated heterocycles. The van der Waals surface area contributed by atoms with E-state index in [2.05, 4.69) is 53.4 Å². The summed E-state index contributed by atoms with van der Waals surface area (Å²) in [6.45, 7) is 9.45. The summed E-state index contributed by atoms with van der Waals surface area (Å²) in [5.74, 6) is 1.84. The van der Waals surface area contributed by atoms with Gasteiger partial charge in [0, 0.05) is 31.9 Å². The van der Waals surface area contributed by atoms with Gasteiger partial charge in [-0.2, -0.15) is 0 Å². The number of pyridine rings is 1. The van der Waals surface area contributed by atoms with Crippen molar-refractivity contribution in [3.63, 3.8) is 0 Å². The van der Waals surface area contributed by atoms with Gasteiger partial charge in [-0.1, -0.05) is 6.07 Å². The molecule has 7 heteroatoms. The number of ether oxygens (including phenoxy) is 1. The molecule has 0 bridgehead atoms. The highest BCUT2D eigenvalue weighted by molar-refractivity contribution is 5.80. The van der Waals surface area contributed by atoms with Crippen molar-refractivity contribution in [1.82, 2.24) is 15.6 Å². The summed E-state index contributed by atoms with van der Waals surface area (Å²) >= 11 is 0. The number of nitrogens with zero attached hydrogens (tertiary/aromatic N) is 3. The van der Waals surface area contributed by atoms with Crippen LogP contribution in [0.25, 0.3) is 0 Å². The zero-order chi connectivity index (χ0) is 19.9. The highest BCUT2D eigenvalue weighted by Crippen LogP contribution is 2.19. The summed E-state index contributed by atoms with van der Waals surface area (Å²) in [4.78, 5) is 11.7. The molecule has 1 aromatic heterocycles. The molecule has 2 aliphatic rings. The third kappa shape index (κ3) is 6.07. The summed E-state index contributed by atoms with van der Waals surface area (Å²) in [6, 6.07) is 4.57. The number of hydrogen-bond acceptors (Lipinski definition) is 5. The van der Waals surface area contributed by atoms with Gasteiger partial charge in [-0.15, -0.1) is 0 Å². The van der Waals surface area contributed by atoms with E-state index in [1.54, 1.807) is 0 Å². The molecule has 156 valence electrons. The number of morpholine rings is 1. The smallest absolute Gasteiger partial charge is 0.191 e. The van der Waals surface area contributed by atoms with Crippen LogP contribution in [0, 0.1) is 0 Å². The molecule has 1 saturated carbocycles. The molecule has 28 heavy (non-hydrogen) atoms. The van der Waals surface area contributed by atoms with Gasteiger partial charge in [0.05, 0.1) is 24.9 Å². The Morgan fingerprint density at radius 2 is 1.93 bits per heavy atom. The fourth-order valence-electron chi connectivity index (χ4n) is 3.97. The molecule has 1 aliphatic heterocycles. The maximum atomic E-state index is 9.67. The van der Waals surface area contributed by atoms with Gasteiger partial charge in [-0.05, 0) is 58.1 Å². The second kappa shape index (κ2) is 10.1. The fraction of sp³-hybridized carbons (Fsp3) is 0.714. The van der Waals surface area contributed by atoms with Crippen LogP contribution in [-0.4, -0.2) is 60.0 Å². The number of guanidine groups is 1. The highest BCUT2D eigenvalue weighted by atomic mass is 16.5. The van der Waals surface area contributed by atoms with Crippen LogP contribution in [0.4, 0.5) is 5.82 Å². The third-order valence-corrected chi connectivity index (χ3v) is 5.35. The van der Waals surface area contributed by atoms with Crippen molar-refractivity contribution in [3.05, 3.63) is 23.9 Å². The molecule has 1 aromatic rings.